The van der Waals surface area contributed by atoms with Gasteiger partial charge in [-0.3, -0.25) is 0 Å². The third kappa shape index (κ3) is 3.02. The lowest BCUT2D eigenvalue weighted by atomic mass is 9.75. The molecule has 3 unspecified atom stereocenters. The van der Waals surface area contributed by atoms with Gasteiger partial charge in [-0.15, -0.1) is 0 Å². The van der Waals surface area contributed by atoms with Crippen LogP contribution in [0.1, 0.15) is 40.0 Å². The lowest BCUT2D eigenvalue weighted by Crippen LogP contribution is -2.29. The van der Waals surface area contributed by atoms with Crippen molar-refractivity contribution >= 4 is 6.47 Å². The minimum absolute atomic E-state index is 0.119. The van der Waals surface area contributed by atoms with Crippen LogP contribution in [-0.2, 0) is 9.53 Å². The maximum Gasteiger partial charge on any atom is 0.417 e. The van der Waals surface area contributed by atoms with Gasteiger partial charge in [-0.25, -0.2) is 4.79 Å². The Labute approximate surface area is 80.7 Å². The zero-order chi connectivity index (χ0) is 9.84. The van der Waals surface area contributed by atoms with Crippen LogP contribution in [0.5, 0.6) is 0 Å². The summed E-state index contributed by atoms with van der Waals surface area (Å²) in [4.78, 5) is 10.1. The molecule has 2 heteroatoms. The van der Waals surface area contributed by atoms with E-state index >= 15 is 0 Å². The molecule has 13 heavy (non-hydrogen) atoms. The van der Waals surface area contributed by atoms with Gasteiger partial charge in [-0.2, -0.15) is 0 Å². The summed E-state index contributed by atoms with van der Waals surface area (Å²) in [6, 6.07) is 0. The van der Waals surface area contributed by atoms with Crippen LogP contribution in [-0.4, -0.2) is 12.6 Å². The van der Waals surface area contributed by atoms with Crippen LogP contribution in [0.25, 0.3) is 0 Å². The zero-order valence-corrected chi connectivity index (χ0v) is 8.75. The van der Waals surface area contributed by atoms with Gasteiger partial charge in [0.15, 0.2) is 0 Å². The summed E-state index contributed by atoms with van der Waals surface area (Å²) in [6.07, 6.45) is 3.43. The standard InChI is InChI=1S/C11H19O2/c1-8(2)10-4-9(3)5-11(6-10)13-7-12/h8-11H,4-6H2,1-3H3. The van der Waals surface area contributed by atoms with Crippen molar-refractivity contribution in [3.05, 3.63) is 0 Å². The molecule has 0 aromatic heterocycles. The summed E-state index contributed by atoms with van der Waals surface area (Å²) >= 11 is 0. The smallest absolute Gasteiger partial charge is 0.417 e. The van der Waals surface area contributed by atoms with Gasteiger partial charge in [0, 0.05) is 0 Å². The van der Waals surface area contributed by atoms with Gasteiger partial charge in [0.2, 0.25) is 0 Å². The van der Waals surface area contributed by atoms with Crippen molar-refractivity contribution in [1.82, 2.24) is 0 Å². The number of hydrogen-bond donors (Lipinski definition) is 0. The first-order valence-corrected chi connectivity index (χ1v) is 5.16. The number of hydrogen-bond acceptors (Lipinski definition) is 2. The van der Waals surface area contributed by atoms with Gasteiger partial charge < -0.3 is 4.74 Å². The lowest BCUT2D eigenvalue weighted by molar-refractivity contribution is 0.0663. The molecular weight excluding hydrogens is 164 g/mol. The van der Waals surface area contributed by atoms with Crippen LogP contribution >= 0.6 is 0 Å². The average molecular weight is 183 g/mol. The SMILES string of the molecule is CC1CC(O[C]=O)CC(C(C)C)C1. The lowest BCUT2D eigenvalue weighted by Gasteiger charge is -2.34. The van der Waals surface area contributed by atoms with Gasteiger partial charge in [-0.1, -0.05) is 20.8 Å². The summed E-state index contributed by atoms with van der Waals surface area (Å²) in [7, 11) is 0. The molecule has 1 aliphatic carbocycles. The molecule has 3 atom stereocenters. The van der Waals surface area contributed by atoms with Gasteiger partial charge in [0.05, 0.1) is 0 Å². The van der Waals surface area contributed by atoms with E-state index in [-0.39, 0.29) is 6.10 Å². The van der Waals surface area contributed by atoms with Crippen molar-refractivity contribution < 1.29 is 9.53 Å². The molecule has 75 valence electrons. The van der Waals surface area contributed by atoms with Crippen molar-refractivity contribution in [2.45, 2.75) is 46.1 Å². The largest absolute Gasteiger partial charge is 0.454 e. The zero-order valence-electron chi connectivity index (χ0n) is 8.75. The summed E-state index contributed by atoms with van der Waals surface area (Å²) in [5.41, 5.74) is 0. The van der Waals surface area contributed by atoms with Crippen molar-refractivity contribution in [2.24, 2.45) is 17.8 Å². The van der Waals surface area contributed by atoms with Crippen LogP contribution in [0.2, 0.25) is 0 Å². The Bertz CT molecular complexity index is 165. The molecule has 1 aliphatic rings. The third-order valence-electron chi connectivity index (χ3n) is 3.09. The second kappa shape index (κ2) is 4.64. The summed E-state index contributed by atoms with van der Waals surface area (Å²) in [5.74, 6) is 2.09. The van der Waals surface area contributed by atoms with Crippen LogP contribution in [0.4, 0.5) is 0 Å². The van der Waals surface area contributed by atoms with Gasteiger partial charge >= 0.3 is 6.47 Å². The predicted octanol–water partition coefficient (Wildman–Crippen LogP) is 2.53. The fourth-order valence-electron chi connectivity index (χ4n) is 2.30. The second-order valence-electron chi connectivity index (χ2n) is 4.64. The fraction of sp³-hybridized carbons (Fsp3) is 0.909. The van der Waals surface area contributed by atoms with Gasteiger partial charge in [0.1, 0.15) is 6.10 Å². The van der Waals surface area contributed by atoms with E-state index in [1.807, 2.05) is 0 Å². The maximum atomic E-state index is 10.1. The Morgan fingerprint density at radius 1 is 1.31 bits per heavy atom. The van der Waals surface area contributed by atoms with Crippen molar-refractivity contribution in [1.29, 1.82) is 0 Å². The highest BCUT2D eigenvalue weighted by Gasteiger charge is 2.29. The van der Waals surface area contributed by atoms with Crippen LogP contribution in [0.15, 0.2) is 0 Å². The Morgan fingerprint density at radius 2 is 2.00 bits per heavy atom. The summed E-state index contributed by atoms with van der Waals surface area (Å²) < 4.78 is 4.93. The highest BCUT2D eigenvalue weighted by Crippen LogP contribution is 2.34. The molecule has 1 fully saturated rings. The van der Waals surface area contributed by atoms with E-state index in [1.165, 1.54) is 6.42 Å². The number of ether oxygens (including phenoxy) is 1. The predicted molar refractivity (Wildman–Crippen MR) is 51.9 cm³/mol. The highest BCUT2D eigenvalue weighted by atomic mass is 16.5. The van der Waals surface area contributed by atoms with E-state index in [2.05, 4.69) is 20.8 Å². The molecule has 2 nitrogen and oxygen atoms in total. The molecule has 0 spiro atoms. The third-order valence-corrected chi connectivity index (χ3v) is 3.09. The fourth-order valence-corrected chi connectivity index (χ4v) is 2.30. The van der Waals surface area contributed by atoms with Crippen LogP contribution < -0.4 is 0 Å². The van der Waals surface area contributed by atoms with Crippen molar-refractivity contribution in [3.8, 4) is 0 Å². The normalized spacial score (nSPS) is 34.6. The molecule has 1 saturated carbocycles. The maximum absolute atomic E-state index is 10.1. The molecule has 0 saturated heterocycles. The minimum atomic E-state index is 0.119. The topological polar surface area (TPSA) is 26.3 Å². The summed E-state index contributed by atoms with van der Waals surface area (Å²) in [6.45, 7) is 8.28. The molecule has 0 aromatic carbocycles. The number of carbonyl (C=O) groups excluding carboxylic acids is 1. The first kappa shape index (κ1) is 10.6. The van der Waals surface area contributed by atoms with Crippen molar-refractivity contribution in [2.75, 3.05) is 0 Å². The first-order valence-electron chi connectivity index (χ1n) is 5.16. The monoisotopic (exact) mass is 183 g/mol. The van der Waals surface area contributed by atoms with Gasteiger partial charge in [-0.05, 0) is 37.0 Å². The molecule has 1 rings (SSSR count). The van der Waals surface area contributed by atoms with E-state index < -0.39 is 0 Å². The first-order chi connectivity index (χ1) is 6.13. The molecule has 1 radical (unpaired) electrons. The van der Waals surface area contributed by atoms with Crippen molar-refractivity contribution in [3.63, 3.8) is 0 Å². The van der Waals surface area contributed by atoms with E-state index in [1.54, 1.807) is 6.47 Å². The molecule has 0 bridgehead atoms. The van der Waals surface area contributed by atoms with Crippen LogP contribution in [0, 0.1) is 17.8 Å². The molecule has 0 aliphatic heterocycles. The Hall–Kier alpha value is -0.530. The second-order valence-corrected chi connectivity index (χ2v) is 4.64. The van der Waals surface area contributed by atoms with E-state index in [9.17, 15) is 4.79 Å². The molecular formula is C11H19O2. The quantitative estimate of drug-likeness (QED) is 0.672. The van der Waals surface area contributed by atoms with Gasteiger partial charge in [0.25, 0.3) is 0 Å². The Balaban J connectivity index is 2.47. The van der Waals surface area contributed by atoms with Crippen LogP contribution in [0.3, 0.4) is 0 Å². The minimum Gasteiger partial charge on any atom is -0.454 e. The van der Waals surface area contributed by atoms with E-state index in [4.69, 9.17) is 4.74 Å². The Morgan fingerprint density at radius 3 is 2.54 bits per heavy atom. The molecule has 0 heterocycles. The molecule has 0 aromatic rings. The average Bonchev–Trinajstić information content (AvgIpc) is 2.03. The Kier molecular flexibility index (Phi) is 3.76. The highest BCUT2D eigenvalue weighted by molar-refractivity contribution is 5.38. The summed E-state index contributed by atoms with van der Waals surface area (Å²) in [5, 5.41) is 0. The number of rotatable bonds is 3. The molecule has 0 amide bonds. The van der Waals surface area contributed by atoms with E-state index in [0.717, 1.165) is 12.8 Å². The molecule has 0 N–H and O–H groups in total. The van der Waals surface area contributed by atoms with E-state index in [0.29, 0.717) is 17.8 Å².